The van der Waals surface area contributed by atoms with Crippen LogP contribution in [0.4, 0.5) is 5.69 Å². The molecular weight excluding hydrogens is 322 g/mol. The number of aromatic nitrogens is 2. The molecule has 3 rings (SSSR count). The predicted molar refractivity (Wildman–Crippen MR) is 93.7 cm³/mol. The van der Waals surface area contributed by atoms with Crippen molar-refractivity contribution in [2.45, 2.75) is 6.92 Å². The number of carbonyl (C=O) groups is 1. The Labute approximate surface area is 143 Å². The minimum Gasteiger partial charge on any atom is -0.493 e. The SMILES string of the molecule is COc1cc(C)c(NC(=O)c2cnc3ccccn3c2=O)cc1OC. The topological polar surface area (TPSA) is 81.9 Å². The molecule has 0 fully saturated rings. The number of carbonyl (C=O) groups excluding carboxylic acids is 1. The number of fused-ring (bicyclic) bond motifs is 1. The molecule has 0 saturated heterocycles. The summed E-state index contributed by atoms with van der Waals surface area (Å²) in [5.41, 5.74) is 1.31. The zero-order chi connectivity index (χ0) is 18.0. The lowest BCUT2D eigenvalue weighted by Gasteiger charge is -2.13. The Hall–Kier alpha value is -3.35. The molecule has 2 aromatic heterocycles. The van der Waals surface area contributed by atoms with Gasteiger partial charge >= 0.3 is 0 Å². The number of hydrogen-bond donors (Lipinski definition) is 1. The second-order valence-corrected chi connectivity index (χ2v) is 5.38. The maximum absolute atomic E-state index is 12.5. The molecule has 1 aromatic carbocycles. The third-order valence-electron chi connectivity index (χ3n) is 3.84. The average molecular weight is 339 g/mol. The van der Waals surface area contributed by atoms with Crippen molar-refractivity contribution in [3.63, 3.8) is 0 Å². The Balaban J connectivity index is 1.98. The summed E-state index contributed by atoms with van der Waals surface area (Å²) in [5.74, 6) is 0.508. The first-order chi connectivity index (χ1) is 12.0. The summed E-state index contributed by atoms with van der Waals surface area (Å²) < 4.78 is 11.8. The van der Waals surface area contributed by atoms with Gasteiger partial charge in [-0.3, -0.25) is 14.0 Å². The minimum atomic E-state index is -0.536. The van der Waals surface area contributed by atoms with Crippen LogP contribution in [0.25, 0.3) is 5.65 Å². The molecule has 25 heavy (non-hydrogen) atoms. The van der Waals surface area contributed by atoms with Gasteiger partial charge in [0, 0.05) is 24.1 Å². The van der Waals surface area contributed by atoms with Crippen molar-refractivity contribution in [3.05, 3.63) is 64.2 Å². The maximum Gasteiger partial charge on any atom is 0.270 e. The smallest absolute Gasteiger partial charge is 0.270 e. The summed E-state index contributed by atoms with van der Waals surface area (Å²) >= 11 is 0. The van der Waals surface area contributed by atoms with Crippen molar-refractivity contribution >= 4 is 17.2 Å². The van der Waals surface area contributed by atoms with E-state index in [1.54, 1.807) is 36.5 Å². The fraction of sp³-hybridized carbons (Fsp3) is 0.167. The first kappa shape index (κ1) is 16.5. The Morgan fingerprint density at radius 2 is 1.88 bits per heavy atom. The highest BCUT2D eigenvalue weighted by molar-refractivity contribution is 6.04. The van der Waals surface area contributed by atoms with Crippen molar-refractivity contribution in [1.82, 2.24) is 9.38 Å². The van der Waals surface area contributed by atoms with Gasteiger partial charge in [-0.1, -0.05) is 6.07 Å². The second kappa shape index (κ2) is 6.64. The molecule has 0 bridgehead atoms. The molecule has 7 nitrogen and oxygen atoms in total. The number of hydrogen-bond acceptors (Lipinski definition) is 5. The van der Waals surface area contributed by atoms with Crippen molar-refractivity contribution in [3.8, 4) is 11.5 Å². The highest BCUT2D eigenvalue weighted by Crippen LogP contribution is 2.32. The molecule has 0 unspecified atom stereocenters. The maximum atomic E-state index is 12.5. The third kappa shape index (κ3) is 3.03. The van der Waals surface area contributed by atoms with E-state index in [1.807, 2.05) is 6.92 Å². The van der Waals surface area contributed by atoms with Crippen molar-refractivity contribution in [2.24, 2.45) is 0 Å². The molecule has 1 amide bonds. The van der Waals surface area contributed by atoms with Crippen LogP contribution in [0.1, 0.15) is 15.9 Å². The van der Waals surface area contributed by atoms with Gasteiger partial charge in [-0.2, -0.15) is 0 Å². The average Bonchev–Trinajstić information content (AvgIpc) is 2.63. The molecule has 0 aliphatic carbocycles. The van der Waals surface area contributed by atoms with E-state index in [9.17, 15) is 9.59 Å². The molecule has 7 heteroatoms. The van der Waals surface area contributed by atoms with E-state index in [1.165, 1.54) is 24.8 Å². The number of aryl methyl sites for hydroxylation is 1. The van der Waals surface area contributed by atoms with Gasteiger partial charge in [-0.15, -0.1) is 0 Å². The zero-order valence-electron chi connectivity index (χ0n) is 14.1. The first-order valence-corrected chi connectivity index (χ1v) is 7.55. The molecule has 0 aliphatic heterocycles. The highest BCUT2D eigenvalue weighted by atomic mass is 16.5. The van der Waals surface area contributed by atoms with Gasteiger partial charge in [0.25, 0.3) is 11.5 Å². The number of nitrogens with zero attached hydrogens (tertiary/aromatic N) is 2. The fourth-order valence-corrected chi connectivity index (χ4v) is 2.49. The molecule has 3 aromatic rings. The largest absolute Gasteiger partial charge is 0.493 e. The molecule has 0 saturated carbocycles. The number of ether oxygens (including phenoxy) is 2. The monoisotopic (exact) mass is 339 g/mol. The number of pyridine rings is 1. The Bertz CT molecular complexity index is 1010. The second-order valence-electron chi connectivity index (χ2n) is 5.38. The van der Waals surface area contributed by atoms with Crippen LogP contribution in [0, 0.1) is 6.92 Å². The Morgan fingerprint density at radius 3 is 2.60 bits per heavy atom. The number of nitrogens with one attached hydrogen (secondary N) is 1. The van der Waals surface area contributed by atoms with Crippen LogP contribution in [0.15, 0.2) is 47.5 Å². The normalized spacial score (nSPS) is 10.5. The van der Waals surface area contributed by atoms with Crippen LogP contribution >= 0.6 is 0 Å². The number of benzene rings is 1. The van der Waals surface area contributed by atoms with Crippen LogP contribution in [-0.4, -0.2) is 29.5 Å². The van der Waals surface area contributed by atoms with Gasteiger partial charge in [-0.25, -0.2) is 4.98 Å². The van der Waals surface area contributed by atoms with Crippen LogP contribution in [0.3, 0.4) is 0 Å². The summed E-state index contributed by atoms with van der Waals surface area (Å²) in [5, 5.41) is 2.73. The molecule has 2 heterocycles. The lowest BCUT2D eigenvalue weighted by Crippen LogP contribution is -2.26. The highest BCUT2D eigenvalue weighted by Gasteiger charge is 2.16. The van der Waals surface area contributed by atoms with Gasteiger partial charge in [0.1, 0.15) is 11.2 Å². The summed E-state index contributed by atoms with van der Waals surface area (Å²) in [6, 6.07) is 8.57. The molecule has 0 radical (unpaired) electrons. The fourth-order valence-electron chi connectivity index (χ4n) is 2.49. The van der Waals surface area contributed by atoms with E-state index in [4.69, 9.17) is 9.47 Å². The molecule has 128 valence electrons. The standard InChI is InChI=1S/C18H17N3O4/c1-11-8-14(24-2)15(25-3)9-13(11)20-17(22)12-10-19-16-6-4-5-7-21(16)18(12)23/h4-10H,1-3H3,(H,20,22). The molecule has 0 aliphatic rings. The van der Waals surface area contributed by atoms with Crippen molar-refractivity contribution in [1.29, 1.82) is 0 Å². The van der Waals surface area contributed by atoms with E-state index in [2.05, 4.69) is 10.3 Å². The first-order valence-electron chi connectivity index (χ1n) is 7.55. The summed E-state index contributed by atoms with van der Waals surface area (Å²) in [4.78, 5) is 29.2. The van der Waals surface area contributed by atoms with E-state index in [0.717, 1.165) is 5.56 Å². The third-order valence-corrected chi connectivity index (χ3v) is 3.84. The quantitative estimate of drug-likeness (QED) is 0.788. The molecule has 1 N–H and O–H groups in total. The van der Waals surface area contributed by atoms with Crippen LogP contribution in [0.2, 0.25) is 0 Å². The van der Waals surface area contributed by atoms with Gasteiger partial charge in [0.05, 0.1) is 14.2 Å². The van der Waals surface area contributed by atoms with E-state index in [-0.39, 0.29) is 5.56 Å². The van der Waals surface area contributed by atoms with E-state index < -0.39 is 11.5 Å². The Kier molecular flexibility index (Phi) is 4.38. The van der Waals surface area contributed by atoms with Crippen molar-refractivity contribution < 1.29 is 14.3 Å². The number of anilines is 1. The summed E-state index contributed by atoms with van der Waals surface area (Å²) in [6.07, 6.45) is 2.85. The van der Waals surface area contributed by atoms with E-state index in [0.29, 0.717) is 22.8 Å². The molecule has 0 spiro atoms. The lowest BCUT2D eigenvalue weighted by molar-refractivity contribution is 0.102. The van der Waals surface area contributed by atoms with Gasteiger partial charge in [0.15, 0.2) is 11.5 Å². The number of methoxy groups -OCH3 is 2. The Morgan fingerprint density at radius 1 is 1.16 bits per heavy atom. The number of rotatable bonds is 4. The summed E-state index contributed by atoms with van der Waals surface area (Å²) in [6.45, 7) is 1.82. The van der Waals surface area contributed by atoms with Crippen LogP contribution in [0.5, 0.6) is 11.5 Å². The molecular formula is C18H17N3O4. The lowest BCUT2D eigenvalue weighted by atomic mass is 10.1. The van der Waals surface area contributed by atoms with Crippen molar-refractivity contribution in [2.75, 3.05) is 19.5 Å². The summed E-state index contributed by atoms with van der Waals surface area (Å²) in [7, 11) is 3.05. The predicted octanol–water partition coefficient (Wildman–Crippen LogP) is 2.27. The van der Waals surface area contributed by atoms with E-state index >= 15 is 0 Å². The van der Waals surface area contributed by atoms with Crippen LogP contribution in [-0.2, 0) is 0 Å². The van der Waals surface area contributed by atoms with Gasteiger partial charge < -0.3 is 14.8 Å². The number of amides is 1. The zero-order valence-corrected chi connectivity index (χ0v) is 14.1. The minimum absolute atomic E-state index is 0.0436. The molecule has 0 atom stereocenters. The van der Waals surface area contributed by atoms with Crippen LogP contribution < -0.4 is 20.3 Å². The van der Waals surface area contributed by atoms with Gasteiger partial charge in [0.2, 0.25) is 0 Å². The van der Waals surface area contributed by atoms with Gasteiger partial charge in [-0.05, 0) is 30.7 Å².